The zero-order valence-corrected chi connectivity index (χ0v) is 13.9. The lowest BCUT2D eigenvalue weighted by Crippen LogP contribution is -2.41. The van der Waals surface area contributed by atoms with Crippen LogP contribution in [0.2, 0.25) is 0 Å². The van der Waals surface area contributed by atoms with E-state index in [0.29, 0.717) is 25.3 Å². The van der Waals surface area contributed by atoms with Gasteiger partial charge in [-0.05, 0) is 30.4 Å². The molecule has 0 radical (unpaired) electrons. The van der Waals surface area contributed by atoms with Gasteiger partial charge in [-0.2, -0.15) is 0 Å². The van der Waals surface area contributed by atoms with E-state index in [0.717, 1.165) is 17.7 Å². The first kappa shape index (κ1) is 19.7. The van der Waals surface area contributed by atoms with E-state index in [9.17, 15) is 4.79 Å². The highest BCUT2D eigenvalue weighted by atomic mass is 35.5. The van der Waals surface area contributed by atoms with Crippen molar-refractivity contribution in [3.05, 3.63) is 29.8 Å². The van der Waals surface area contributed by atoms with Crippen LogP contribution in [0.5, 0.6) is 5.75 Å². The normalized spacial score (nSPS) is 11.7. The Balaban J connectivity index is 0.00000400. The second-order valence-corrected chi connectivity index (χ2v) is 5.44. The Morgan fingerprint density at radius 3 is 2.57 bits per heavy atom. The summed E-state index contributed by atoms with van der Waals surface area (Å²) in [7, 11) is 1.64. The molecule has 21 heavy (non-hydrogen) atoms. The summed E-state index contributed by atoms with van der Waals surface area (Å²) in [6.07, 6.45) is 2.04. The van der Waals surface area contributed by atoms with Crippen LogP contribution in [0, 0.1) is 5.92 Å². The quantitative estimate of drug-likeness (QED) is 0.775. The number of para-hydroxylation sites is 1. The molecule has 1 atom stereocenters. The van der Waals surface area contributed by atoms with Crippen molar-refractivity contribution in [1.82, 2.24) is 5.32 Å². The standard InChI is InChI=1S/C16H26N2O2.ClH/c1-12(2)10-14(11-17)18-16(19)9-8-13-6-4-5-7-15(13)20-3;/h4-7,12,14H,8-11,17H2,1-3H3,(H,18,19);1H. The summed E-state index contributed by atoms with van der Waals surface area (Å²) >= 11 is 0. The molecular formula is C16H27ClN2O2. The summed E-state index contributed by atoms with van der Waals surface area (Å²) in [5.41, 5.74) is 6.74. The predicted molar refractivity (Wildman–Crippen MR) is 89.0 cm³/mol. The lowest BCUT2D eigenvalue weighted by Gasteiger charge is -2.19. The first-order chi connectivity index (χ1) is 9.56. The van der Waals surface area contributed by atoms with Gasteiger partial charge >= 0.3 is 0 Å². The molecule has 1 aromatic rings. The molecule has 3 N–H and O–H groups in total. The molecular weight excluding hydrogens is 288 g/mol. The van der Waals surface area contributed by atoms with Gasteiger partial charge in [0.1, 0.15) is 5.75 Å². The number of carbonyl (C=O) groups excluding carboxylic acids is 1. The fourth-order valence-electron chi connectivity index (χ4n) is 2.24. The van der Waals surface area contributed by atoms with Gasteiger partial charge in [0, 0.05) is 19.0 Å². The van der Waals surface area contributed by atoms with Crippen molar-refractivity contribution < 1.29 is 9.53 Å². The minimum absolute atomic E-state index is 0. The second kappa shape index (κ2) is 10.5. The Bertz CT molecular complexity index is 424. The summed E-state index contributed by atoms with van der Waals surface area (Å²) < 4.78 is 5.28. The van der Waals surface area contributed by atoms with Gasteiger partial charge in [0.15, 0.2) is 0 Å². The molecule has 1 unspecified atom stereocenters. The molecule has 1 aromatic carbocycles. The number of halogens is 1. The highest BCUT2D eigenvalue weighted by Gasteiger charge is 2.13. The number of amides is 1. The summed E-state index contributed by atoms with van der Waals surface area (Å²) in [6, 6.07) is 7.85. The molecule has 0 saturated carbocycles. The molecule has 1 rings (SSSR count). The van der Waals surface area contributed by atoms with E-state index >= 15 is 0 Å². The first-order valence-electron chi connectivity index (χ1n) is 7.18. The Morgan fingerprint density at radius 1 is 1.33 bits per heavy atom. The van der Waals surface area contributed by atoms with Gasteiger partial charge in [-0.25, -0.2) is 0 Å². The first-order valence-corrected chi connectivity index (χ1v) is 7.18. The molecule has 0 aromatic heterocycles. The van der Waals surface area contributed by atoms with E-state index in [1.54, 1.807) is 7.11 Å². The van der Waals surface area contributed by atoms with Crippen molar-refractivity contribution in [3.63, 3.8) is 0 Å². The van der Waals surface area contributed by atoms with Gasteiger partial charge in [-0.1, -0.05) is 32.0 Å². The maximum Gasteiger partial charge on any atom is 0.220 e. The predicted octanol–water partition coefficient (Wildman–Crippen LogP) is 2.54. The monoisotopic (exact) mass is 314 g/mol. The van der Waals surface area contributed by atoms with E-state index in [-0.39, 0.29) is 24.4 Å². The molecule has 0 heterocycles. The molecule has 0 bridgehead atoms. The molecule has 1 amide bonds. The van der Waals surface area contributed by atoms with Crippen molar-refractivity contribution in [2.24, 2.45) is 11.7 Å². The number of nitrogens with one attached hydrogen (secondary N) is 1. The Kier molecular flexibility index (Phi) is 9.84. The molecule has 0 spiro atoms. The molecule has 0 aliphatic rings. The van der Waals surface area contributed by atoms with Crippen LogP contribution in [0.25, 0.3) is 0 Å². The fraction of sp³-hybridized carbons (Fsp3) is 0.562. The summed E-state index contributed by atoms with van der Waals surface area (Å²) in [5.74, 6) is 1.41. The van der Waals surface area contributed by atoms with Gasteiger partial charge in [0.2, 0.25) is 5.91 Å². The van der Waals surface area contributed by atoms with Crippen LogP contribution >= 0.6 is 12.4 Å². The minimum atomic E-state index is 0. The number of hydrogen-bond donors (Lipinski definition) is 2. The van der Waals surface area contributed by atoms with Crippen molar-refractivity contribution in [3.8, 4) is 5.75 Å². The summed E-state index contributed by atoms with van der Waals surface area (Å²) in [5, 5.41) is 3.00. The van der Waals surface area contributed by atoms with Crippen LogP contribution in [-0.2, 0) is 11.2 Å². The average molecular weight is 315 g/mol. The maximum absolute atomic E-state index is 12.0. The van der Waals surface area contributed by atoms with Crippen molar-refractivity contribution in [2.45, 2.75) is 39.2 Å². The third kappa shape index (κ3) is 7.34. The van der Waals surface area contributed by atoms with Gasteiger partial charge in [0.25, 0.3) is 0 Å². The molecule has 4 nitrogen and oxygen atoms in total. The van der Waals surface area contributed by atoms with Gasteiger partial charge in [-0.3, -0.25) is 4.79 Å². The minimum Gasteiger partial charge on any atom is -0.496 e. The van der Waals surface area contributed by atoms with E-state index in [4.69, 9.17) is 10.5 Å². The van der Waals surface area contributed by atoms with Crippen LogP contribution in [0.1, 0.15) is 32.3 Å². The molecule has 5 heteroatoms. The van der Waals surface area contributed by atoms with Gasteiger partial charge in [-0.15, -0.1) is 12.4 Å². The van der Waals surface area contributed by atoms with E-state index in [1.807, 2.05) is 24.3 Å². The maximum atomic E-state index is 12.0. The number of nitrogens with two attached hydrogens (primary N) is 1. The number of aryl methyl sites for hydroxylation is 1. The Labute approximate surface area is 133 Å². The topological polar surface area (TPSA) is 64.3 Å². The van der Waals surface area contributed by atoms with Crippen molar-refractivity contribution in [1.29, 1.82) is 0 Å². The molecule has 120 valence electrons. The highest BCUT2D eigenvalue weighted by molar-refractivity contribution is 5.85. The average Bonchev–Trinajstić information content (AvgIpc) is 2.44. The lowest BCUT2D eigenvalue weighted by atomic mass is 10.0. The van der Waals surface area contributed by atoms with Crippen LogP contribution in [0.15, 0.2) is 24.3 Å². The second-order valence-electron chi connectivity index (χ2n) is 5.44. The van der Waals surface area contributed by atoms with E-state index < -0.39 is 0 Å². The number of ether oxygens (including phenoxy) is 1. The lowest BCUT2D eigenvalue weighted by molar-refractivity contribution is -0.121. The van der Waals surface area contributed by atoms with Crippen molar-refractivity contribution >= 4 is 18.3 Å². The fourth-order valence-corrected chi connectivity index (χ4v) is 2.24. The van der Waals surface area contributed by atoms with Gasteiger partial charge < -0.3 is 15.8 Å². The highest BCUT2D eigenvalue weighted by Crippen LogP contribution is 2.18. The summed E-state index contributed by atoms with van der Waals surface area (Å²) in [6.45, 7) is 4.74. The number of methoxy groups -OCH3 is 1. The Morgan fingerprint density at radius 2 is 2.00 bits per heavy atom. The summed E-state index contributed by atoms with van der Waals surface area (Å²) in [4.78, 5) is 12.0. The van der Waals surface area contributed by atoms with Crippen LogP contribution in [0.4, 0.5) is 0 Å². The van der Waals surface area contributed by atoms with Crippen LogP contribution in [0.3, 0.4) is 0 Å². The van der Waals surface area contributed by atoms with Crippen LogP contribution in [-0.4, -0.2) is 25.6 Å². The number of carbonyl (C=O) groups is 1. The smallest absolute Gasteiger partial charge is 0.220 e. The third-order valence-corrected chi connectivity index (χ3v) is 3.22. The third-order valence-electron chi connectivity index (χ3n) is 3.22. The van der Waals surface area contributed by atoms with E-state index in [2.05, 4.69) is 19.2 Å². The van der Waals surface area contributed by atoms with Gasteiger partial charge in [0.05, 0.1) is 7.11 Å². The molecule has 0 fully saturated rings. The number of benzene rings is 1. The van der Waals surface area contributed by atoms with Crippen molar-refractivity contribution in [2.75, 3.05) is 13.7 Å². The SMILES string of the molecule is COc1ccccc1CCC(=O)NC(CN)CC(C)C.Cl. The largest absolute Gasteiger partial charge is 0.496 e. The Hall–Kier alpha value is -1.26. The zero-order chi connectivity index (χ0) is 15.0. The molecule has 0 aliphatic carbocycles. The number of hydrogen-bond acceptors (Lipinski definition) is 3. The van der Waals surface area contributed by atoms with E-state index in [1.165, 1.54) is 0 Å². The molecule has 0 aliphatic heterocycles. The molecule has 0 saturated heterocycles. The number of rotatable bonds is 8. The zero-order valence-electron chi connectivity index (χ0n) is 13.1. The van der Waals surface area contributed by atoms with Crippen LogP contribution < -0.4 is 15.8 Å².